The van der Waals surface area contributed by atoms with Crippen molar-refractivity contribution in [1.82, 2.24) is 14.9 Å². The van der Waals surface area contributed by atoms with Gasteiger partial charge in [-0.3, -0.25) is 0 Å². The quantitative estimate of drug-likeness (QED) is 0.480. The van der Waals surface area contributed by atoms with Gasteiger partial charge in [-0.05, 0) is 70.1 Å². The van der Waals surface area contributed by atoms with E-state index in [1.807, 2.05) is 51.2 Å². The summed E-state index contributed by atoms with van der Waals surface area (Å²) in [6.45, 7) is 10.4. The number of likely N-dealkylation sites (tertiary alicyclic amines) is 1. The fraction of sp³-hybridized carbons (Fsp3) is 0.633. The first kappa shape index (κ1) is 27.5. The summed E-state index contributed by atoms with van der Waals surface area (Å²) in [5, 5.41) is 3.53. The Bertz CT molecular complexity index is 1110. The van der Waals surface area contributed by atoms with Crippen molar-refractivity contribution in [3.05, 3.63) is 30.5 Å². The molecule has 39 heavy (non-hydrogen) atoms. The number of hydrogen-bond donors (Lipinski definition) is 1. The summed E-state index contributed by atoms with van der Waals surface area (Å²) in [6, 6.07) is 8.30. The molecular weight excluding hydrogens is 496 g/mol. The molecule has 1 aliphatic carbocycles. The second-order valence-electron chi connectivity index (χ2n) is 12.1. The normalized spacial score (nSPS) is 25.4. The first-order chi connectivity index (χ1) is 18.7. The van der Waals surface area contributed by atoms with E-state index in [1.165, 1.54) is 12.8 Å². The van der Waals surface area contributed by atoms with E-state index in [2.05, 4.69) is 17.2 Å². The molecule has 1 unspecified atom stereocenters. The second kappa shape index (κ2) is 12.0. The summed E-state index contributed by atoms with van der Waals surface area (Å²) in [7, 11) is 0. The van der Waals surface area contributed by atoms with Crippen LogP contribution in [-0.4, -0.2) is 71.1 Å². The number of benzene rings is 1. The predicted octanol–water partition coefficient (Wildman–Crippen LogP) is 5.69. The average molecular weight is 539 g/mol. The van der Waals surface area contributed by atoms with Gasteiger partial charge in [-0.2, -0.15) is 4.98 Å². The van der Waals surface area contributed by atoms with Gasteiger partial charge in [-0.1, -0.05) is 19.1 Å². The van der Waals surface area contributed by atoms with Gasteiger partial charge in [0.25, 0.3) is 0 Å². The Labute approximate surface area is 231 Å². The molecule has 1 aromatic carbocycles. The molecule has 2 atom stereocenters. The zero-order valence-electron chi connectivity index (χ0n) is 23.7. The smallest absolute Gasteiger partial charge is 0.410 e. The number of carbonyl (C=O) groups excluding carboxylic acids is 1. The van der Waals surface area contributed by atoms with Crippen molar-refractivity contribution < 1.29 is 23.7 Å². The number of amides is 1. The molecule has 1 aromatic heterocycles. The molecule has 2 saturated heterocycles. The van der Waals surface area contributed by atoms with Crippen molar-refractivity contribution in [2.45, 2.75) is 90.1 Å². The van der Waals surface area contributed by atoms with Crippen LogP contribution in [-0.2, 0) is 9.47 Å². The fourth-order valence-electron chi connectivity index (χ4n) is 5.30. The van der Waals surface area contributed by atoms with E-state index < -0.39 is 5.60 Å². The van der Waals surface area contributed by atoms with Crippen molar-refractivity contribution >= 4 is 12.0 Å². The lowest BCUT2D eigenvalue weighted by Gasteiger charge is -2.27. The minimum Gasteiger partial charge on any atom is -0.489 e. The molecule has 3 aliphatic rings. The molecule has 0 spiro atoms. The maximum absolute atomic E-state index is 12.4. The van der Waals surface area contributed by atoms with Crippen LogP contribution in [0.25, 0.3) is 11.1 Å². The Kier molecular flexibility index (Phi) is 8.45. The highest BCUT2D eigenvalue weighted by molar-refractivity contribution is 5.69. The van der Waals surface area contributed by atoms with E-state index >= 15 is 0 Å². The Morgan fingerprint density at radius 2 is 1.79 bits per heavy atom. The minimum atomic E-state index is -0.508. The Morgan fingerprint density at radius 1 is 1.03 bits per heavy atom. The molecule has 1 N–H and O–H groups in total. The summed E-state index contributed by atoms with van der Waals surface area (Å²) >= 11 is 0. The number of hydrogen-bond acceptors (Lipinski definition) is 8. The largest absolute Gasteiger partial charge is 0.489 e. The Hall–Kier alpha value is -3.07. The van der Waals surface area contributed by atoms with Gasteiger partial charge in [-0.15, -0.1) is 0 Å². The molecule has 9 nitrogen and oxygen atoms in total. The molecule has 3 heterocycles. The summed E-state index contributed by atoms with van der Waals surface area (Å²) in [4.78, 5) is 23.5. The van der Waals surface area contributed by atoms with Crippen LogP contribution in [0.15, 0.2) is 30.5 Å². The fourth-order valence-corrected chi connectivity index (χ4v) is 5.30. The number of ether oxygens (including phenoxy) is 4. The van der Waals surface area contributed by atoms with E-state index in [0.29, 0.717) is 44.2 Å². The SMILES string of the molecule is CC(C)(C)OC(=O)N1CCC(Oc2ccc(-c3cnc(N[C@H]4CC[C@@H](C)CC4)nc3O[C@@H]3CCOC3)cc2)C1. The number of rotatable bonds is 7. The lowest BCUT2D eigenvalue weighted by Crippen LogP contribution is -2.36. The van der Waals surface area contributed by atoms with Crippen LogP contribution in [0.3, 0.4) is 0 Å². The summed E-state index contributed by atoms with van der Waals surface area (Å²) in [5.74, 6) is 2.73. The maximum Gasteiger partial charge on any atom is 0.410 e. The van der Waals surface area contributed by atoms with Crippen LogP contribution in [0.4, 0.5) is 10.7 Å². The second-order valence-corrected chi connectivity index (χ2v) is 12.1. The monoisotopic (exact) mass is 538 g/mol. The summed E-state index contributed by atoms with van der Waals surface area (Å²) < 4.78 is 23.5. The van der Waals surface area contributed by atoms with Crippen molar-refractivity contribution in [3.8, 4) is 22.8 Å². The third kappa shape index (κ3) is 7.53. The summed E-state index contributed by atoms with van der Waals surface area (Å²) in [5.41, 5.74) is 1.29. The Balaban J connectivity index is 1.25. The van der Waals surface area contributed by atoms with Gasteiger partial charge >= 0.3 is 6.09 Å². The van der Waals surface area contributed by atoms with Gasteiger partial charge in [0.1, 0.15) is 23.6 Å². The van der Waals surface area contributed by atoms with Gasteiger partial charge in [0.05, 0.1) is 25.3 Å². The lowest BCUT2D eigenvalue weighted by molar-refractivity contribution is 0.0275. The molecule has 1 amide bonds. The van der Waals surface area contributed by atoms with E-state index in [9.17, 15) is 4.79 Å². The number of anilines is 1. The van der Waals surface area contributed by atoms with E-state index in [4.69, 9.17) is 23.9 Å². The minimum absolute atomic E-state index is 0.0140. The average Bonchev–Trinajstić information content (AvgIpc) is 3.58. The van der Waals surface area contributed by atoms with Crippen LogP contribution in [0.5, 0.6) is 11.6 Å². The van der Waals surface area contributed by atoms with Crippen LogP contribution < -0.4 is 14.8 Å². The first-order valence-corrected chi connectivity index (χ1v) is 14.3. The molecule has 9 heteroatoms. The predicted molar refractivity (Wildman–Crippen MR) is 149 cm³/mol. The van der Waals surface area contributed by atoms with Gasteiger partial charge in [-0.25, -0.2) is 9.78 Å². The van der Waals surface area contributed by atoms with Crippen LogP contribution >= 0.6 is 0 Å². The highest BCUT2D eigenvalue weighted by Gasteiger charge is 2.31. The molecule has 2 aromatic rings. The zero-order valence-corrected chi connectivity index (χ0v) is 23.7. The highest BCUT2D eigenvalue weighted by Crippen LogP contribution is 2.33. The zero-order chi connectivity index (χ0) is 27.4. The van der Waals surface area contributed by atoms with E-state index in [-0.39, 0.29) is 18.3 Å². The molecule has 1 saturated carbocycles. The van der Waals surface area contributed by atoms with Gasteiger partial charge in [0.15, 0.2) is 0 Å². The molecule has 0 radical (unpaired) electrons. The number of nitrogens with zero attached hydrogens (tertiary/aromatic N) is 3. The molecule has 0 bridgehead atoms. The number of nitrogens with one attached hydrogen (secondary N) is 1. The van der Waals surface area contributed by atoms with Crippen molar-refractivity contribution in [3.63, 3.8) is 0 Å². The van der Waals surface area contributed by atoms with E-state index in [0.717, 1.165) is 48.5 Å². The third-order valence-corrected chi connectivity index (χ3v) is 7.53. The van der Waals surface area contributed by atoms with Gasteiger partial charge < -0.3 is 29.2 Å². The topological polar surface area (TPSA) is 95.0 Å². The maximum atomic E-state index is 12.4. The lowest BCUT2D eigenvalue weighted by atomic mass is 9.87. The van der Waals surface area contributed by atoms with Crippen LogP contribution in [0, 0.1) is 5.92 Å². The van der Waals surface area contributed by atoms with Crippen molar-refractivity contribution in [2.24, 2.45) is 5.92 Å². The number of carbonyl (C=O) groups is 1. The van der Waals surface area contributed by atoms with Gasteiger partial charge in [0, 0.05) is 31.6 Å². The van der Waals surface area contributed by atoms with Crippen LogP contribution in [0.1, 0.15) is 66.2 Å². The highest BCUT2D eigenvalue weighted by atomic mass is 16.6. The van der Waals surface area contributed by atoms with Crippen LogP contribution in [0.2, 0.25) is 0 Å². The van der Waals surface area contributed by atoms with E-state index in [1.54, 1.807) is 4.90 Å². The summed E-state index contributed by atoms with van der Waals surface area (Å²) in [6.07, 6.45) is 7.82. The molecular formula is C30H42N4O5. The third-order valence-electron chi connectivity index (χ3n) is 7.53. The molecule has 5 rings (SSSR count). The molecule has 3 fully saturated rings. The Morgan fingerprint density at radius 3 is 2.49 bits per heavy atom. The first-order valence-electron chi connectivity index (χ1n) is 14.3. The number of aromatic nitrogens is 2. The standard InChI is InChI=1S/C30H42N4O5/c1-20-5-9-22(10-6-20)32-28-31-17-26(27(33-28)38-25-14-16-36-19-25)21-7-11-23(12-8-21)37-24-13-15-34(18-24)29(35)39-30(2,3)4/h7-8,11-12,17,20,22,24-25H,5-6,9-10,13-16,18-19H2,1-4H3,(H,31,32,33)/t20-,22+,24?,25-/m1/s1. The van der Waals surface area contributed by atoms with Gasteiger partial charge in [0.2, 0.25) is 11.8 Å². The molecule has 212 valence electrons. The molecule has 2 aliphatic heterocycles. The van der Waals surface area contributed by atoms with Crippen molar-refractivity contribution in [1.29, 1.82) is 0 Å². The van der Waals surface area contributed by atoms with Crippen molar-refractivity contribution in [2.75, 3.05) is 31.6 Å².